The van der Waals surface area contributed by atoms with E-state index in [1.165, 1.54) is 0 Å². The second-order valence-electron chi connectivity index (χ2n) is 3.68. The maximum atomic E-state index is 10.9. The highest BCUT2D eigenvalue weighted by molar-refractivity contribution is 7.07. The van der Waals surface area contributed by atoms with Crippen LogP contribution in [0.2, 0.25) is 0 Å². The third-order valence-corrected chi connectivity index (χ3v) is 3.46. The molecule has 1 aliphatic rings. The van der Waals surface area contributed by atoms with Gasteiger partial charge in [-0.1, -0.05) is 0 Å². The summed E-state index contributed by atoms with van der Waals surface area (Å²) in [4.78, 5) is 10.9. The van der Waals surface area contributed by atoms with Crippen LogP contribution in [0.1, 0.15) is 15.9 Å². The average molecular weight is 244 g/mol. The van der Waals surface area contributed by atoms with Crippen LogP contribution in [0.5, 0.6) is 5.75 Å². The number of fused-ring (bicyclic) bond motifs is 2. The van der Waals surface area contributed by atoms with E-state index in [1.54, 1.807) is 35.8 Å². The van der Waals surface area contributed by atoms with Crippen molar-refractivity contribution in [3.63, 3.8) is 0 Å². The number of rotatable bonds is 1. The predicted octanol–water partition coefficient (Wildman–Crippen LogP) is 1.41. The van der Waals surface area contributed by atoms with Gasteiger partial charge in [0.1, 0.15) is 5.75 Å². The minimum Gasteiger partial charge on any atom is -0.478 e. The summed E-state index contributed by atoms with van der Waals surface area (Å²) in [5.74, 6) is -0.251. The minimum absolute atomic E-state index is 0.267. The number of ether oxygens (including phenoxy) is 1. The molecule has 1 aromatic carbocycles. The van der Waals surface area contributed by atoms with Gasteiger partial charge >= 0.3 is 5.97 Å². The number of thiophene rings is 1. The summed E-state index contributed by atoms with van der Waals surface area (Å²) in [5, 5.41) is 11.9. The number of hydrogen-bond donors (Lipinski definition) is 1. The molecule has 3 rings (SSSR count). The van der Waals surface area contributed by atoms with Crippen LogP contribution in [-0.2, 0) is 0 Å². The van der Waals surface area contributed by atoms with E-state index in [9.17, 15) is 4.79 Å². The van der Waals surface area contributed by atoms with E-state index in [-0.39, 0.29) is 5.56 Å². The first-order chi connectivity index (χ1) is 8.24. The van der Waals surface area contributed by atoms with Gasteiger partial charge in [0.25, 0.3) is 0 Å². The van der Waals surface area contributed by atoms with Crippen molar-refractivity contribution < 1.29 is 14.6 Å². The number of carboxylic acids is 1. The first kappa shape index (κ1) is 10.1. The first-order valence-electron chi connectivity index (χ1n) is 5.03. The topological polar surface area (TPSA) is 46.5 Å². The number of carboxylic acid groups (broad SMARTS) is 1. The predicted molar refractivity (Wildman–Crippen MR) is 65.6 cm³/mol. The molecule has 3 nitrogen and oxygen atoms in total. The van der Waals surface area contributed by atoms with Crippen molar-refractivity contribution >= 4 is 29.6 Å². The lowest BCUT2D eigenvalue weighted by molar-refractivity contribution is 0.0697. The monoisotopic (exact) mass is 244 g/mol. The van der Waals surface area contributed by atoms with Gasteiger partial charge in [0.05, 0.1) is 11.8 Å². The van der Waals surface area contributed by atoms with Crippen molar-refractivity contribution in [2.45, 2.75) is 0 Å². The van der Waals surface area contributed by atoms with Crippen molar-refractivity contribution in [3.8, 4) is 5.75 Å². The molecule has 1 aliphatic heterocycles. The Morgan fingerprint density at radius 3 is 3.00 bits per heavy atom. The molecule has 0 bridgehead atoms. The molecule has 0 saturated heterocycles. The summed E-state index contributed by atoms with van der Waals surface area (Å²) in [7, 11) is 0. The van der Waals surface area contributed by atoms with Crippen LogP contribution >= 0.6 is 11.3 Å². The highest BCUT2D eigenvalue weighted by Crippen LogP contribution is 2.22. The molecule has 0 fully saturated rings. The van der Waals surface area contributed by atoms with Crippen molar-refractivity contribution in [2.24, 2.45) is 0 Å². The normalized spacial score (nSPS) is 12.2. The Morgan fingerprint density at radius 2 is 2.18 bits per heavy atom. The lowest BCUT2D eigenvalue weighted by Gasteiger charge is -2.04. The standard InChI is InChI=1S/C13H8O3S/c14-13(15)8-1-2-11-10(5-8)6-12-9(7-16-11)3-4-17-12/h1-7H,(H,14,15). The van der Waals surface area contributed by atoms with Gasteiger partial charge in [0.2, 0.25) is 0 Å². The molecule has 0 unspecified atom stereocenters. The van der Waals surface area contributed by atoms with E-state index in [1.807, 2.05) is 17.5 Å². The first-order valence-corrected chi connectivity index (χ1v) is 5.91. The third-order valence-electron chi connectivity index (χ3n) is 2.58. The Balaban J connectivity index is 2.25. The van der Waals surface area contributed by atoms with Gasteiger partial charge in [0.15, 0.2) is 0 Å². The fraction of sp³-hybridized carbons (Fsp3) is 0. The van der Waals surface area contributed by atoms with E-state index < -0.39 is 5.97 Å². The van der Waals surface area contributed by atoms with Crippen molar-refractivity contribution in [3.05, 3.63) is 50.5 Å². The van der Waals surface area contributed by atoms with Gasteiger partial charge in [-0.3, -0.25) is 0 Å². The van der Waals surface area contributed by atoms with Crippen molar-refractivity contribution in [2.75, 3.05) is 0 Å². The van der Waals surface area contributed by atoms with Crippen molar-refractivity contribution in [1.29, 1.82) is 0 Å². The molecule has 17 heavy (non-hydrogen) atoms. The Labute approximate surface area is 101 Å². The Kier molecular flexibility index (Phi) is 2.23. The molecule has 4 heteroatoms. The van der Waals surface area contributed by atoms with Crippen LogP contribution in [0.25, 0.3) is 12.3 Å². The highest BCUT2D eigenvalue weighted by Gasteiger charge is 2.09. The van der Waals surface area contributed by atoms with Gasteiger partial charge in [-0.2, -0.15) is 0 Å². The Morgan fingerprint density at radius 1 is 1.29 bits per heavy atom. The smallest absolute Gasteiger partial charge is 0.335 e. The van der Waals surface area contributed by atoms with Crippen LogP contribution in [0.4, 0.5) is 0 Å². The summed E-state index contributed by atoms with van der Waals surface area (Å²) in [6.07, 6.45) is 3.64. The largest absolute Gasteiger partial charge is 0.478 e. The molecule has 2 heterocycles. The van der Waals surface area contributed by atoms with Crippen LogP contribution in [0, 0.1) is 0 Å². The summed E-state index contributed by atoms with van der Waals surface area (Å²) < 4.78 is 6.60. The summed E-state index contributed by atoms with van der Waals surface area (Å²) in [6, 6.07) is 6.82. The highest BCUT2D eigenvalue weighted by atomic mass is 32.1. The molecule has 0 spiro atoms. The van der Waals surface area contributed by atoms with Crippen LogP contribution in [0.3, 0.4) is 0 Å². The molecule has 0 amide bonds. The average Bonchev–Trinajstić information content (AvgIpc) is 2.68. The number of carbonyl (C=O) groups is 1. The molecule has 2 aromatic rings. The van der Waals surface area contributed by atoms with Crippen LogP contribution in [-0.4, -0.2) is 11.1 Å². The fourth-order valence-electron chi connectivity index (χ4n) is 1.72. The van der Waals surface area contributed by atoms with Gasteiger partial charge < -0.3 is 9.84 Å². The maximum Gasteiger partial charge on any atom is 0.335 e. The van der Waals surface area contributed by atoms with Crippen LogP contribution in [0.15, 0.2) is 29.6 Å². The molecule has 84 valence electrons. The zero-order chi connectivity index (χ0) is 11.8. The summed E-state index contributed by atoms with van der Waals surface area (Å²) in [5.41, 5.74) is 1.06. The maximum absolute atomic E-state index is 10.9. The van der Waals surface area contributed by atoms with Gasteiger partial charge in [-0.15, -0.1) is 11.3 Å². The van der Waals surface area contributed by atoms with Crippen molar-refractivity contribution in [1.82, 2.24) is 0 Å². The van der Waals surface area contributed by atoms with Crippen LogP contribution < -0.4 is 14.5 Å². The van der Waals surface area contributed by atoms with Gasteiger partial charge in [-0.25, -0.2) is 4.79 Å². The van der Waals surface area contributed by atoms with Gasteiger partial charge in [0, 0.05) is 15.3 Å². The fourth-order valence-corrected chi connectivity index (χ4v) is 2.52. The Bertz CT molecular complexity index is 713. The summed E-state index contributed by atoms with van der Waals surface area (Å²) in [6.45, 7) is 0. The lowest BCUT2D eigenvalue weighted by Crippen LogP contribution is -2.17. The van der Waals surface area contributed by atoms with E-state index in [4.69, 9.17) is 9.84 Å². The quantitative estimate of drug-likeness (QED) is 0.825. The number of hydrogen-bond acceptors (Lipinski definition) is 3. The van der Waals surface area contributed by atoms with E-state index >= 15 is 0 Å². The third kappa shape index (κ3) is 1.72. The van der Waals surface area contributed by atoms with E-state index in [2.05, 4.69) is 0 Å². The molecular formula is C13H8O3S. The zero-order valence-electron chi connectivity index (χ0n) is 8.71. The van der Waals surface area contributed by atoms with E-state index in [0.29, 0.717) is 5.75 Å². The molecule has 1 N–H and O–H groups in total. The summed E-state index contributed by atoms with van der Waals surface area (Å²) >= 11 is 1.60. The molecule has 0 radical (unpaired) electrons. The SMILES string of the molecule is O=C(O)c1ccc2c(c1)C=c1sccc1=CO2. The molecule has 0 saturated carbocycles. The molecule has 0 aliphatic carbocycles. The molecule has 0 atom stereocenters. The molecule has 1 aromatic heterocycles. The number of benzene rings is 1. The molecular weight excluding hydrogens is 236 g/mol. The number of aromatic carboxylic acids is 1. The van der Waals surface area contributed by atoms with E-state index in [0.717, 1.165) is 15.3 Å². The second kappa shape index (κ2) is 3.75. The lowest BCUT2D eigenvalue weighted by atomic mass is 10.1. The zero-order valence-corrected chi connectivity index (χ0v) is 9.53. The Hall–Kier alpha value is -2.07. The van der Waals surface area contributed by atoms with Gasteiger partial charge in [-0.05, 0) is 35.7 Å². The second-order valence-corrected chi connectivity index (χ2v) is 4.63. The minimum atomic E-state index is -0.930.